The van der Waals surface area contributed by atoms with Crippen molar-refractivity contribution in [1.29, 1.82) is 0 Å². The molecule has 2 saturated heterocycles. The van der Waals surface area contributed by atoms with Crippen LogP contribution in [0.4, 0.5) is 26.1 Å². The second-order valence-corrected chi connectivity index (χ2v) is 13.5. The highest BCUT2D eigenvalue weighted by Gasteiger charge is 2.20. The maximum Gasteiger partial charge on any atom is 0.246 e. The first kappa shape index (κ1) is 38.2. The van der Waals surface area contributed by atoms with Gasteiger partial charge >= 0.3 is 0 Å². The van der Waals surface area contributed by atoms with Gasteiger partial charge in [-0.1, -0.05) is 60.3 Å². The van der Waals surface area contributed by atoms with E-state index in [1.54, 1.807) is 12.4 Å². The molecule has 0 unspecified atom stereocenters. The van der Waals surface area contributed by atoms with E-state index < -0.39 is 0 Å². The van der Waals surface area contributed by atoms with Gasteiger partial charge in [0, 0.05) is 74.9 Å². The van der Waals surface area contributed by atoms with Crippen molar-refractivity contribution < 1.29 is 8.78 Å². The van der Waals surface area contributed by atoms with Gasteiger partial charge in [0.05, 0.1) is 23.8 Å². The number of halogens is 2. The summed E-state index contributed by atoms with van der Waals surface area (Å²) in [7, 11) is 0. The summed E-state index contributed by atoms with van der Waals surface area (Å²) in [5, 5.41) is 20.2. The lowest BCUT2D eigenvalue weighted by Gasteiger charge is -2.36. The molecule has 2 aliphatic rings. The Morgan fingerprint density at radius 2 is 1.02 bits per heavy atom. The van der Waals surface area contributed by atoms with Crippen molar-refractivity contribution in [2.75, 3.05) is 73.3 Å². The van der Waals surface area contributed by atoms with Crippen LogP contribution < -0.4 is 20.0 Å². The summed E-state index contributed by atoms with van der Waals surface area (Å²) in [5.41, 5.74) is 8.43. The molecule has 13 heteroatoms. The first-order valence-electron chi connectivity index (χ1n) is 17.9. The molecular weight excluding hydrogens is 703 g/mol. The number of hydrogen-bond acceptors (Lipinski definition) is 11. The predicted octanol–water partition coefficient (Wildman–Crippen LogP) is 7.12. The van der Waals surface area contributed by atoms with E-state index in [0.29, 0.717) is 11.1 Å². The minimum absolute atomic E-state index is 0.168. The Labute approximate surface area is 319 Å². The summed E-state index contributed by atoms with van der Waals surface area (Å²) in [6.07, 6.45) is 5.35. The Morgan fingerprint density at radius 1 is 0.556 bits per heavy atom. The average Bonchev–Trinajstić information content (AvgIpc) is 3.23. The molecule has 2 fully saturated rings. The molecule has 4 heterocycles. The number of nitrogens with zero attached hydrogens (tertiary/aromatic N) is 9. The minimum Gasteiger partial charge on any atom is -0.369 e. The molecule has 10 nitrogen and oxygen atoms in total. The molecule has 4 aromatic carbocycles. The molecule has 1 N–H and O–H groups in total. The lowest BCUT2D eigenvalue weighted by atomic mass is 10.1. The first-order valence-corrected chi connectivity index (χ1v) is 19.1. The lowest BCUT2D eigenvalue weighted by molar-refractivity contribution is 0.587. The second-order valence-electron chi connectivity index (χ2n) is 12.8. The van der Waals surface area contributed by atoms with Gasteiger partial charge < -0.3 is 20.0 Å². The summed E-state index contributed by atoms with van der Waals surface area (Å²) in [6.45, 7) is 11.4. The third-order valence-electron chi connectivity index (χ3n) is 9.17. The molecule has 2 aliphatic heterocycles. The van der Waals surface area contributed by atoms with E-state index >= 15 is 0 Å². The van der Waals surface area contributed by atoms with Crippen molar-refractivity contribution in [3.05, 3.63) is 132 Å². The third-order valence-corrected chi connectivity index (χ3v) is 9.71. The van der Waals surface area contributed by atoms with E-state index in [2.05, 4.69) is 77.4 Å². The summed E-state index contributed by atoms with van der Waals surface area (Å²) in [4.78, 5) is 15.8. The van der Waals surface area contributed by atoms with Crippen LogP contribution in [0.25, 0.3) is 22.5 Å². The van der Waals surface area contributed by atoms with Crippen LogP contribution in [0.15, 0.2) is 115 Å². The Kier molecular flexibility index (Phi) is 13.4. The highest BCUT2D eigenvalue weighted by atomic mass is 32.2. The molecule has 0 atom stereocenters. The van der Waals surface area contributed by atoms with Gasteiger partial charge in [0.1, 0.15) is 11.6 Å². The van der Waals surface area contributed by atoms with Crippen molar-refractivity contribution in [2.45, 2.75) is 19.0 Å². The third kappa shape index (κ3) is 10.3. The normalized spacial score (nSPS) is 14.1. The van der Waals surface area contributed by atoms with E-state index in [9.17, 15) is 8.78 Å². The molecule has 54 heavy (non-hydrogen) atoms. The van der Waals surface area contributed by atoms with Crippen LogP contribution in [0.3, 0.4) is 0 Å². The van der Waals surface area contributed by atoms with E-state index in [0.717, 1.165) is 86.2 Å². The average molecular weight is 747 g/mol. The van der Waals surface area contributed by atoms with Crippen molar-refractivity contribution >= 4 is 29.1 Å². The molecule has 0 saturated carbocycles. The molecule has 0 bridgehead atoms. The topological polar surface area (TPSA) is 99.1 Å². The number of hydrogen-bond donors (Lipinski definition) is 1. The summed E-state index contributed by atoms with van der Waals surface area (Å²) < 4.78 is 25.7. The zero-order valence-electron chi connectivity index (χ0n) is 30.7. The molecular formula is C41H44F2N10S. The number of piperazine rings is 2. The molecule has 2 aromatic heterocycles. The summed E-state index contributed by atoms with van der Waals surface area (Å²) in [5.74, 6) is 0.281. The van der Waals surface area contributed by atoms with E-state index in [4.69, 9.17) is 4.98 Å². The van der Waals surface area contributed by atoms with Gasteiger partial charge in [-0.2, -0.15) is 10.2 Å². The second kappa shape index (κ2) is 19.0. The standard InChI is InChI=1S/C20H20FN5.C11H11N3S.C10H13FN2/c1-15-4-2-3-5-18(15)19-14-22-24-20(23-19)26-12-10-25(11-13-26)17-8-6-16(21)7-9-17;1-8-5-3-4-6-9(8)10-7-12-14-11(13-10)15-2;11-9-1-3-10(4-2-9)13-7-5-12-6-8-13/h2-9,14H,10-13H2,1H3;3-7H,1-2H3;1-4,12H,5-8H2. The quantitative estimate of drug-likeness (QED) is 0.177. The Morgan fingerprint density at radius 3 is 1.54 bits per heavy atom. The number of aryl methyl sites for hydroxylation is 2. The summed E-state index contributed by atoms with van der Waals surface area (Å²) >= 11 is 1.50. The molecule has 0 amide bonds. The van der Waals surface area contributed by atoms with Crippen LogP contribution in [0.1, 0.15) is 11.1 Å². The highest BCUT2D eigenvalue weighted by molar-refractivity contribution is 7.98. The van der Waals surface area contributed by atoms with Crippen LogP contribution in [0, 0.1) is 25.5 Å². The number of benzene rings is 4. The first-order chi connectivity index (χ1) is 26.4. The van der Waals surface area contributed by atoms with E-state index in [1.807, 2.05) is 60.9 Å². The van der Waals surface area contributed by atoms with Gasteiger partial charge in [-0.25, -0.2) is 18.7 Å². The van der Waals surface area contributed by atoms with Crippen molar-refractivity contribution in [3.8, 4) is 22.5 Å². The Hall–Kier alpha value is -5.53. The predicted molar refractivity (Wildman–Crippen MR) is 214 cm³/mol. The number of rotatable bonds is 6. The van der Waals surface area contributed by atoms with Crippen LogP contribution >= 0.6 is 11.8 Å². The largest absolute Gasteiger partial charge is 0.369 e. The van der Waals surface area contributed by atoms with Gasteiger partial charge in [0.2, 0.25) is 11.1 Å². The fourth-order valence-corrected chi connectivity index (χ4v) is 6.49. The van der Waals surface area contributed by atoms with Crippen molar-refractivity contribution in [2.24, 2.45) is 0 Å². The molecule has 0 radical (unpaired) electrons. The summed E-state index contributed by atoms with van der Waals surface area (Å²) in [6, 6.07) is 29.6. The Bertz CT molecular complexity index is 2070. The van der Waals surface area contributed by atoms with E-state index in [-0.39, 0.29) is 11.6 Å². The van der Waals surface area contributed by atoms with Crippen LogP contribution in [-0.2, 0) is 0 Å². The SMILES string of the molecule is CSc1nncc(-c2ccccc2C)n1.Cc1ccccc1-c1cnnc(N2CCN(c3ccc(F)cc3)CC2)n1.Fc1ccc(N2CCNCC2)cc1. The Balaban J connectivity index is 0.000000151. The van der Waals surface area contributed by atoms with Crippen LogP contribution in [0.5, 0.6) is 0 Å². The van der Waals surface area contributed by atoms with Crippen molar-refractivity contribution in [1.82, 2.24) is 35.7 Å². The number of aromatic nitrogens is 6. The van der Waals surface area contributed by atoms with Gasteiger partial charge in [-0.3, -0.25) is 0 Å². The zero-order chi connectivity index (χ0) is 37.7. The molecule has 0 spiro atoms. The molecule has 6 aromatic rings. The number of nitrogens with one attached hydrogen (secondary N) is 1. The molecule has 0 aliphatic carbocycles. The number of thioether (sulfide) groups is 1. The van der Waals surface area contributed by atoms with Crippen LogP contribution in [-0.4, -0.2) is 89.0 Å². The smallest absolute Gasteiger partial charge is 0.246 e. The zero-order valence-corrected chi connectivity index (χ0v) is 31.6. The maximum atomic E-state index is 13.1. The molecule has 8 rings (SSSR count). The lowest BCUT2D eigenvalue weighted by Crippen LogP contribution is -2.47. The fourth-order valence-electron chi connectivity index (χ4n) is 6.17. The highest BCUT2D eigenvalue weighted by Crippen LogP contribution is 2.24. The minimum atomic E-state index is -0.208. The molecule has 278 valence electrons. The van der Waals surface area contributed by atoms with Crippen molar-refractivity contribution in [3.63, 3.8) is 0 Å². The van der Waals surface area contributed by atoms with Crippen LogP contribution in [0.2, 0.25) is 0 Å². The van der Waals surface area contributed by atoms with E-state index in [1.165, 1.54) is 47.2 Å². The van der Waals surface area contributed by atoms with Gasteiger partial charge in [0.25, 0.3) is 0 Å². The monoisotopic (exact) mass is 746 g/mol. The van der Waals surface area contributed by atoms with Gasteiger partial charge in [0.15, 0.2) is 0 Å². The van der Waals surface area contributed by atoms with Gasteiger partial charge in [-0.15, -0.1) is 10.2 Å². The maximum absolute atomic E-state index is 13.1. The fraction of sp³-hybridized carbons (Fsp3) is 0.268. The van der Waals surface area contributed by atoms with Gasteiger partial charge in [-0.05, 0) is 79.8 Å². The number of anilines is 3.